The van der Waals surface area contributed by atoms with E-state index in [0.717, 1.165) is 0 Å². The third-order valence-electron chi connectivity index (χ3n) is 8.98. The van der Waals surface area contributed by atoms with E-state index in [4.69, 9.17) is 37.9 Å². The third kappa shape index (κ3) is 7.68. The molecule has 46 heavy (non-hydrogen) atoms. The first-order chi connectivity index (χ1) is 21.8. The highest BCUT2D eigenvalue weighted by molar-refractivity contribution is 4.98. The Morgan fingerprint density at radius 3 is 1.48 bits per heavy atom. The summed E-state index contributed by atoms with van der Waals surface area (Å²) in [5.74, 6) is 0. The number of hydrogen-bond acceptors (Lipinski definition) is 19. The molecule has 19 nitrogen and oxygen atoms in total. The highest BCUT2D eigenvalue weighted by Gasteiger charge is 2.54. The molecular formula is C27H48O19. The first-order valence-electron chi connectivity index (χ1n) is 15.1. The molecule has 9 unspecified atom stereocenters. The summed E-state index contributed by atoms with van der Waals surface area (Å²) in [6, 6.07) is 0. The van der Waals surface area contributed by atoms with Crippen LogP contribution in [-0.4, -0.2) is 212 Å². The molecule has 4 fully saturated rings. The lowest BCUT2D eigenvalue weighted by atomic mass is 9.94. The van der Waals surface area contributed by atoms with Crippen LogP contribution in [0, 0.1) is 0 Å². The van der Waals surface area contributed by atoms with Gasteiger partial charge in [0.1, 0.15) is 97.7 Å². The minimum atomic E-state index is -1.92. The van der Waals surface area contributed by atoms with Crippen LogP contribution < -0.4 is 0 Å². The number of aliphatic hydroxyl groups excluding tert-OH is 11. The molecule has 4 heterocycles. The van der Waals surface area contributed by atoms with Gasteiger partial charge in [-0.3, -0.25) is 0 Å². The van der Waals surface area contributed by atoms with Gasteiger partial charge in [-0.05, 0) is 13.8 Å². The maximum absolute atomic E-state index is 11.3. The average molecular weight is 677 g/mol. The number of methoxy groups -OCH3 is 1. The van der Waals surface area contributed by atoms with Gasteiger partial charge in [-0.25, -0.2) is 0 Å². The van der Waals surface area contributed by atoms with Crippen molar-refractivity contribution in [3.63, 3.8) is 0 Å². The topological polar surface area (TPSA) is 296 Å². The van der Waals surface area contributed by atoms with Gasteiger partial charge in [-0.1, -0.05) is 0 Å². The average Bonchev–Trinajstić information content (AvgIpc) is 3.04. The minimum absolute atomic E-state index is 0.481. The van der Waals surface area contributed by atoms with Crippen LogP contribution in [0.2, 0.25) is 0 Å². The Hall–Kier alpha value is -0.760. The summed E-state index contributed by atoms with van der Waals surface area (Å²) in [7, 11) is 1.32. The van der Waals surface area contributed by atoms with E-state index in [2.05, 4.69) is 0 Å². The summed E-state index contributed by atoms with van der Waals surface area (Å²) in [5.41, 5.74) is 0. The van der Waals surface area contributed by atoms with Gasteiger partial charge in [-0.15, -0.1) is 0 Å². The molecule has 0 saturated carbocycles. The van der Waals surface area contributed by atoms with Gasteiger partial charge in [0.05, 0.1) is 38.6 Å². The van der Waals surface area contributed by atoms with Crippen LogP contribution in [0.4, 0.5) is 0 Å². The number of hydrogen-bond donors (Lipinski definition) is 11. The van der Waals surface area contributed by atoms with Gasteiger partial charge in [0.25, 0.3) is 0 Å². The second-order valence-corrected chi connectivity index (χ2v) is 12.0. The summed E-state index contributed by atoms with van der Waals surface area (Å²) in [6.45, 7) is 0.698. The van der Waals surface area contributed by atoms with E-state index < -0.39 is 149 Å². The van der Waals surface area contributed by atoms with Gasteiger partial charge >= 0.3 is 0 Å². The molecule has 270 valence electrons. The molecule has 4 aliphatic heterocycles. The highest BCUT2D eigenvalue weighted by Crippen LogP contribution is 2.33. The molecule has 0 aromatic rings. The molecule has 4 aliphatic rings. The van der Waals surface area contributed by atoms with Crippen LogP contribution in [0.15, 0.2) is 0 Å². The van der Waals surface area contributed by atoms with Crippen molar-refractivity contribution in [3.8, 4) is 0 Å². The van der Waals surface area contributed by atoms with E-state index >= 15 is 0 Å². The first-order valence-corrected chi connectivity index (χ1v) is 15.1. The maximum atomic E-state index is 11.3. The largest absolute Gasteiger partial charge is 0.394 e. The molecular weight excluding hydrogens is 628 g/mol. The molecule has 11 N–H and O–H groups in total. The second-order valence-electron chi connectivity index (χ2n) is 12.0. The first kappa shape index (κ1) is 38.0. The SMILES string of the molecule is CO[C@@H]1C(OCC2O[C@@H](O[C@@H]3C(O)[C@H](C)OC(CO)[C@H]3O)C(O)[C@@H](O[C@@H]3OC(CO)[C@@H](O)[C@H](O)C3O)[C@@H]2O)C(C)OC(CO)[C@H]1O. The number of rotatable bonds is 11. The summed E-state index contributed by atoms with van der Waals surface area (Å²) in [5, 5.41) is 114. The Morgan fingerprint density at radius 1 is 0.457 bits per heavy atom. The lowest BCUT2D eigenvalue weighted by Crippen LogP contribution is -2.67. The molecule has 0 bridgehead atoms. The van der Waals surface area contributed by atoms with E-state index in [-0.39, 0.29) is 0 Å². The van der Waals surface area contributed by atoms with Gasteiger partial charge in [0, 0.05) is 7.11 Å². The smallest absolute Gasteiger partial charge is 0.187 e. The van der Waals surface area contributed by atoms with E-state index in [9.17, 15) is 56.2 Å². The van der Waals surface area contributed by atoms with Crippen molar-refractivity contribution in [1.82, 2.24) is 0 Å². The molecule has 0 radical (unpaired) electrons. The van der Waals surface area contributed by atoms with Crippen LogP contribution in [0.1, 0.15) is 13.8 Å². The van der Waals surface area contributed by atoms with Crippen molar-refractivity contribution in [2.24, 2.45) is 0 Å². The van der Waals surface area contributed by atoms with Crippen LogP contribution in [0.25, 0.3) is 0 Å². The van der Waals surface area contributed by atoms with Crippen molar-refractivity contribution in [2.75, 3.05) is 33.5 Å². The zero-order valence-electron chi connectivity index (χ0n) is 25.6. The Balaban J connectivity index is 1.58. The van der Waals surface area contributed by atoms with E-state index in [1.54, 1.807) is 6.92 Å². The maximum Gasteiger partial charge on any atom is 0.187 e. The van der Waals surface area contributed by atoms with E-state index in [0.29, 0.717) is 0 Å². The van der Waals surface area contributed by atoms with Crippen molar-refractivity contribution < 1.29 is 94.1 Å². The Kier molecular flexibility index (Phi) is 13.5. The van der Waals surface area contributed by atoms with Crippen molar-refractivity contribution >= 4 is 0 Å². The predicted molar refractivity (Wildman–Crippen MR) is 146 cm³/mol. The fourth-order valence-corrected chi connectivity index (χ4v) is 6.20. The van der Waals surface area contributed by atoms with Gasteiger partial charge < -0.3 is 94.1 Å². The molecule has 0 amide bonds. The zero-order valence-corrected chi connectivity index (χ0v) is 25.6. The van der Waals surface area contributed by atoms with Gasteiger partial charge in [-0.2, -0.15) is 0 Å². The quantitative estimate of drug-likeness (QED) is 0.0969. The fraction of sp³-hybridized carbons (Fsp3) is 1.00. The zero-order chi connectivity index (χ0) is 34.0. The summed E-state index contributed by atoms with van der Waals surface area (Å²) >= 11 is 0. The molecule has 0 aromatic carbocycles. The highest BCUT2D eigenvalue weighted by atomic mass is 16.7. The summed E-state index contributed by atoms with van der Waals surface area (Å²) in [4.78, 5) is 0. The van der Waals surface area contributed by atoms with Crippen LogP contribution in [0.3, 0.4) is 0 Å². The Morgan fingerprint density at radius 2 is 0.913 bits per heavy atom. The second kappa shape index (κ2) is 16.3. The van der Waals surface area contributed by atoms with Crippen molar-refractivity contribution in [3.05, 3.63) is 0 Å². The number of ether oxygens (including phenoxy) is 8. The van der Waals surface area contributed by atoms with Gasteiger partial charge in [0.2, 0.25) is 0 Å². The summed E-state index contributed by atoms with van der Waals surface area (Å²) < 4.78 is 45.1. The van der Waals surface area contributed by atoms with Gasteiger partial charge in [0.15, 0.2) is 12.6 Å². The molecule has 19 heteroatoms. The standard InChI is InChI=1S/C27H48O19/c1-8-14(31)23(16(33)11(5-29)41-8)45-27-21(38)24(46-26-20(37)19(36)15(32)10(4-28)43-26)18(35)13(44-27)7-40-22-9(2)42-12(6-30)17(34)25(22)39-3/h8-38H,4-7H2,1-3H3/t8-,9?,10?,11?,12?,13?,14?,15+,16+,17+,18+,19-,20?,21?,22?,23+,24-,25-,26-,27-/m0/s1. The lowest BCUT2D eigenvalue weighted by Gasteiger charge is -2.48. The van der Waals surface area contributed by atoms with Crippen molar-refractivity contribution in [2.45, 2.75) is 136 Å². The third-order valence-corrected chi connectivity index (χ3v) is 8.98. The fourth-order valence-electron chi connectivity index (χ4n) is 6.20. The Bertz CT molecular complexity index is 931. The normalized spacial score (nSPS) is 52.0. The van der Waals surface area contributed by atoms with Crippen LogP contribution in [0.5, 0.6) is 0 Å². The molecule has 20 atom stereocenters. The number of aliphatic hydroxyl groups is 11. The minimum Gasteiger partial charge on any atom is -0.394 e. The molecule has 4 rings (SSSR count). The lowest BCUT2D eigenvalue weighted by molar-refractivity contribution is -0.375. The molecule has 0 aromatic heterocycles. The van der Waals surface area contributed by atoms with E-state index in [1.807, 2.05) is 0 Å². The van der Waals surface area contributed by atoms with E-state index in [1.165, 1.54) is 14.0 Å². The monoisotopic (exact) mass is 676 g/mol. The molecule has 0 aliphatic carbocycles. The van der Waals surface area contributed by atoms with Crippen LogP contribution >= 0.6 is 0 Å². The molecule has 4 saturated heterocycles. The van der Waals surface area contributed by atoms with Crippen LogP contribution in [-0.2, 0) is 37.9 Å². The van der Waals surface area contributed by atoms with Crippen molar-refractivity contribution in [1.29, 1.82) is 0 Å². The molecule has 0 spiro atoms. The Labute approximate surface area is 264 Å². The summed E-state index contributed by atoms with van der Waals surface area (Å²) in [6.07, 6.45) is -28.8. The predicted octanol–water partition coefficient (Wildman–Crippen LogP) is -6.95.